The minimum Gasteiger partial charge on any atom is -0.274 e. The van der Waals surface area contributed by atoms with Gasteiger partial charge in [-0.25, -0.2) is 26.9 Å². The SMILES string of the molecule is NS(=O)(=O)c1ccc(N2C(=O)CC(N(CCC3=CCCCC3)S(=O)(=O)c3ccc(Cl)cc3)C2=O)cc1. The van der Waals surface area contributed by atoms with Gasteiger partial charge in [-0.1, -0.05) is 23.3 Å². The Balaban J connectivity index is 1.66. The first-order valence-corrected chi connectivity index (χ1v) is 14.8. The maximum Gasteiger partial charge on any atom is 0.252 e. The molecule has 2 N–H and O–H groups in total. The molecule has 0 aromatic heterocycles. The van der Waals surface area contributed by atoms with Crippen LogP contribution in [0.2, 0.25) is 5.02 Å². The van der Waals surface area contributed by atoms with Crippen molar-refractivity contribution in [2.24, 2.45) is 5.14 Å². The van der Waals surface area contributed by atoms with Crippen molar-refractivity contribution < 1.29 is 26.4 Å². The fourth-order valence-electron chi connectivity index (χ4n) is 4.47. The molecule has 1 heterocycles. The van der Waals surface area contributed by atoms with Gasteiger partial charge < -0.3 is 0 Å². The summed E-state index contributed by atoms with van der Waals surface area (Å²) in [7, 11) is -8.09. The molecule has 4 rings (SSSR count). The van der Waals surface area contributed by atoms with Gasteiger partial charge in [-0.2, -0.15) is 4.31 Å². The fraction of sp³-hybridized carbons (Fsp3) is 0.333. The number of nitrogens with zero attached hydrogens (tertiary/aromatic N) is 2. The molecule has 192 valence electrons. The largest absolute Gasteiger partial charge is 0.274 e. The molecule has 2 aromatic rings. The van der Waals surface area contributed by atoms with E-state index in [0.717, 1.165) is 40.5 Å². The molecule has 2 aromatic carbocycles. The van der Waals surface area contributed by atoms with Crippen LogP contribution in [-0.4, -0.2) is 45.5 Å². The minimum absolute atomic E-state index is 0.0271. The molecule has 0 spiro atoms. The van der Waals surface area contributed by atoms with Gasteiger partial charge in [-0.05, 0) is 80.6 Å². The number of hydrogen-bond acceptors (Lipinski definition) is 6. The van der Waals surface area contributed by atoms with Crippen LogP contribution in [0.1, 0.15) is 38.5 Å². The number of amides is 2. The van der Waals surface area contributed by atoms with Crippen LogP contribution in [0.3, 0.4) is 0 Å². The Morgan fingerprint density at radius 1 is 0.944 bits per heavy atom. The van der Waals surface area contributed by atoms with Crippen molar-refractivity contribution in [3.63, 3.8) is 0 Å². The van der Waals surface area contributed by atoms with Gasteiger partial charge >= 0.3 is 0 Å². The average Bonchev–Trinajstić information content (AvgIpc) is 3.13. The summed E-state index contributed by atoms with van der Waals surface area (Å²) in [5.74, 6) is -1.28. The van der Waals surface area contributed by atoms with Crippen LogP contribution < -0.4 is 10.0 Å². The van der Waals surface area contributed by atoms with Crippen molar-refractivity contribution in [3.8, 4) is 0 Å². The van der Waals surface area contributed by atoms with Crippen LogP contribution in [0.15, 0.2) is 70.0 Å². The number of allylic oxidation sites excluding steroid dienone is 1. The first kappa shape index (κ1) is 26.5. The second-order valence-electron chi connectivity index (χ2n) is 8.75. The topological polar surface area (TPSA) is 135 Å². The Hall–Kier alpha value is -2.57. The zero-order valence-electron chi connectivity index (χ0n) is 19.3. The number of imide groups is 1. The second-order valence-corrected chi connectivity index (χ2v) is 12.6. The Labute approximate surface area is 215 Å². The Morgan fingerprint density at radius 3 is 2.17 bits per heavy atom. The number of benzene rings is 2. The third-order valence-corrected chi connectivity index (χ3v) is 9.46. The molecule has 1 saturated heterocycles. The van der Waals surface area contributed by atoms with Crippen molar-refractivity contribution >= 4 is 49.1 Å². The molecule has 1 atom stereocenters. The van der Waals surface area contributed by atoms with E-state index in [9.17, 15) is 26.4 Å². The van der Waals surface area contributed by atoms with E-state index >= 15 is 0 Å². The van der Waals surface area contributed by atoms with E-state index in [1.807, 2.05) is 0 Å². The van der Waals surface area contributed by atoms with Gasteiger partial charge in [-0.15, -0.1) is 0 Å². The lowest BCUT2D eigenvalue weighted by Gasteiger charge is -2.28. The lowest BCUT2D eigenvalue weighted by Crippen LogP contribution is -2.46. The first-order chi connectivity index (χ1) is 17.0. The molecular weight excluding hydrogens is 526 g/mol. The maximum absolute atomic E-state index is 13.7. The van der Waals surface area contributed by atoms with Crippen molar-refractivity contribution in [1.29, 1.82) is 0 Å². The number of carbonyl (C=O) groups is 2. The highest BCUT2D eigenvalue weighted by Gasteiger charge is 2.46. The molecule has 36 heavy (non-hydrogen) atoms. The molecule has 1 aliphatic carbocycles. The predicted molar refractivity (Wildman–Crippen MR) is 135 cm³/mol. The smallest absolute Gasteiger partial charge is 0.252 e. The van der Waals surface area contributed by atoms with Crippen molar-refractivity contribution in [2.45, 2.75) is 54.4 Å². The Bertz CT molecular complexity index is 1400. The zero-order chi connectivity index (χ0) is 26.1. The van der Waals surface area contributed by atoms with Crippen LogP contribution in [0.4, 0.5) is 5.69 Å². The summed E-state index contributed by atoms with van der Waals surface area (Å²) in [4.78, 5) is 27.0. The minimum atomic E-state index is -4.14. The van der Waals surface area contributed by atoms with Gasteiger partial charge in [0, 0.05) is 11.6 Å². The maximum atomic E-state index is 13.7. The molecule has 0 saturated carbocycles. The summed E-state index contributed by atoms with van der Waals surface area (Å²) < 4.78 is 51.5. The Kier molecular flexibility index (Phi) is 7.67. The third kappa shape index (κ3) is 5.55. The molecule has 2 amide bonds. The normalized spacial score (nSPS) is 19.1. The van der Waals surface area contributed by atoms with Gasteiger partial charge in [0.25, 0.3) is 5.91 Å². The molecule has 0 bridgehead atoms. The van der Waals surface area contributed by atoms with E-state index in [1.54, 1.807) is 0 Å². The molecule has 1 unspecified atom stereocenters. The number of nitrogens with two attached hydrogens (primary N) is 1. The molecule has 12 heteroatoms. The van der Waals surface area contributed by atoms with Crippen molar-refractivity contribution in [1.82, 2.24) is 4.31 Å². The molecule has 1 aliphatic heterocycles. The standard InChI is InChI=1S/C24H26ClN3O6S2/c25-18-6-10-21(11-7-18)36(33,34)27(15-14-17-4-2-1-3-5-17)22-16-23(29)28(24(22)30)19-8-12-20(13-9-19)35(26,31)32/h4,6-13,22H,1-3,5,14-16H2,(H2,26,31,32). The average molecular weight is 552 g/mol. The number of halogens is 1. The lowest BCUT2D eigenvalue weighted by atomic mass is 9.97. The number of carbonyl (C=O) groups excluding carboxylic acids is 2. The molecule has 1 fully saturated rings. The first-order valence-electron chi connectivity index (χ1n) is 11.4. The van der Waals surface area contributed by atoms with Gasteiger partial charge in [0.1, 0.15) is 6.04 Å². The Morgan fingerprint density at radius 2 is 1.58 bits per heavy atom. The quantitative estimate of drug-likeness (QED) is 0.395. The van der Waals surface area contributed by atoms with Crippen LogP contribution in [-0.2, 0) is 29.6 Å². The predicted octanol–water partition coefficient (Wildman–Crippen LogP) is 3.20. The summed E-state index contributed by atoms with van der Waals surface area (Å²) in [6.45, 7) is 0.0404. The van der Waals surface area contributed by atoms with Crippen molar-refractivity contribution in [2.75, 3.05) is 11.4 Å². The highest BCUT2D eigenvalue weighted by molar-refractivity contribution is 7.89. The van der Waals surface area contributed by atoms with E-state index in [2.05, 4.69) is 6.08 Å². The van der Waals surface area contributed by atoms with Gasteiger partial charge in [-0.3, -0.25) is 9.59 Å². The van der Waals surface area contributed by atoms with Crippen molar-refractivity contribution in [3.05, 3.63) is 65.2 Å². The summed E-state index contributed by atoms with van der Waals surface area (Å²) in [6.07, 6.45) is 6.15. The van der Waals surface area contributed by atoms with Gasteiger partial charge in [0.2, 0.25) is 26.0 Å². The molecule has 0 radical (unpaired) electrons. The van der Waals surface area contributed by atoms with Crippen LogP contribution in [0, 0.1) is 0 Å². The van der Waals surface area contributed by atoms with E-state index < -0.39 is 37.9 Å². The summed E-state index contributed by atoms with van der Waals surface area (Å²) >= 11 is 5.93. The summed E-state index contributed by atoms with van der Waals surface area (Å²) in [6, 6.07) is 9.39. The highest BCUT2D eigenvalue weighted by atomic mass is 35.5. The van der Waals surface area contributed by atoms with Gasteiger partial charge in [0.05, 0.1) is 21.9 Å². The van der Waals surface area contributed by atoms with Crippen LogP contribution in [0.25, 0.3) is 0 Å². The number of sulfonamides is 2. The van der Waals surface area contributed by atoms with E-state index in [0.29, 0.717) is 11.4 Å². The van der Waals surface area contributed by atoms with E-state index in [-0.39, 0.29) is 28.4 Å². The lowest BCUT2D eigenvalue weighted by molar-refractivity contribution is -0.122. The van der Waals surface area contributed by atoms with E-state index in [4.69, 9.17) is 16.7 Å². The number of primary sulfonamides is 1. The summed E-state index contributed by atoms with van der Waals surface area (Å²) in [5.41, 5.74) is 1.27. The monoisotopic (exact) mass is 551 g/mol. The number of rotatable bonds is 8. The summed E-state index contributed by atoms with van der Waals surface area (Å²) in [5, 5.41) is 5.49. The third-order valence-electron chi connectivity index (χ3n) is 6.35. The number of anilines is 1. The van der Waals surface area contributed by atoms with Gasteiger partial charge in [0.15, 0.2) is 0 Å². The van der Waals surface area contributed by atoms with E-state index in [1.165, 1.54) is 48.5 Å². The zero-order valence-corrected chi connectivity index (χ0v) is 21.7. The molecular formula is C24H26ClN3O6S2. The number of hydrogen-bond donors (Lipinski definition) is 1. The highest BCUT2D eigenvalue weighted by Crippen LogP contribution is 2.31. The second kappa shape index (κ2) is 10.4. The van der Waals surface area contributed by atoms with Crippen LogP contribution in [0.5, 0.6) is 0 Å². The fourth-order valence-corrected chi connectivity index (χ4v) is 6.69. The molecule has 2 aliphatic rings. The molecule has 9 nitrogen and oxygen atoms in total. The van der Waals surface area contributed by atoms with Crippen LogP contribution >= 0.6 is 11.6 Å².